The van der Waals surface area contributed by atoms with Gasteiger partial charge >= 0.3 is 6.18 Å². The van der Waals surface area contributed by atoms with E-state index in [2.05, 4.69) is 15.9 Å². The van der Waals surface area contributed by atoms with Crippen molar-refractivity contribution in [1.82, 2.24) is 0 Å². The molecule has 0 radical (unpaired) electrons. The summed E-state index contributed by atoms with van der Waals surface area (Å²) < 4.78 is 36.9. The monoisotopic (exact) mass is 281 g/mol. The Bertz CT molecular complexity index is 349. The van der Waals surface area contributed by atoms with Crippen LogP contribution in [0.3, 0.4) is 0 Å². The van der Waals surface area contributed by atoms with E-state index in [1.165, 1.54) is 0 Å². The van der Waals surface area contributed by atoms with E-state index in [9.17, 15) is 13.2 Å². The molecule has 0 aliphatic heterocycles. The van der Waals surface area contributed by atoms with Crippen LogP contribution in [0.15, 0.2) is 22.7 Å². The van der Waals surface area contributed by atoms with Gasteiger partial charge in [-0.05, 0) is 24.1 Å². The lowest BCUT2D eigenvalue weighted by Crippen LogP contribution is -2.20. The summed E-state index contributed by atoms with van der Waals surface area (Å²) in [7, 11) is 0. The Kier molecular flexibility index (Phi) is 3.78. The van der Waals surface area contributed by atoms with Crippen LogP contribution in [0, 0.1) is 6.92 Å². The molecule has 0 spiro atoms. The second-order valence-corrected chi connectivity index (χ2v) is 4.31. The number of hydrogen-bond acceptors (Lipinski definition) is 1. The molecule has 1 nitrogen and oxygen atoms in total. The molecule has 1 aromatic carbocycles. The van der Waals surface area contributed by atoms with Crippen LogP contribution in [0.1, 0.15) is 23.6 Å². The molecular formula is C10H11BrF3N. The molecule has 1 unspecified atom stereocenters. The van der Waals surface area contributed by atoms with Crippen molar-refractivity contribution >= 4 is 15.9 Å². The zero-order valence-corrected chi connectivity index (χ0v) is 9.69. The first-order valence-corrected chi connectivity index (χ1v) is 5.17. The highest BCUT2D eigenvalue weighted by Gasteiger charge is 2.31. The zero-order chi connectivity index (χ0) is 11.6. The Morgan fingerprint density at radius 1 is 1.40 bits per heavy atom. The molecule has 1 rings (SSSR count). The average molecular weight is 282 g/mol. The Balaban J connectivity index is 2.87. The Hall–Kier alpha value is -0.550. The molecule has 0 aliphatic carbocycles. The van der Waals surface area contributed by atoms with Crippen LogP contribution < -0.4 is 5.73 Å². The maximum absolute atomic E-state index is 12.1. The van der Waals surface area contributed by atoms with Gasteiger partial charge in [-0.25, -0.2) is 0 Å². The lowest BCUT2D eigenvalue weighted by atomic mass is 10.0. The SMILES string of the molecule is Cc1ccc(C(N)CC(F)(F)F)c(Br)c1. The first-order chi connectivity index (χ1) is 6.79. The van der Waals surface area contributed by atoms with Gasteiger partial charge in [0.05, 0.1) is 6.42 Å². The van der Waals surface area contributed by atoms with E-state index < -0.39 is 18.6 Å². The van der Waals surface area contributed by atoms with Gasteiger partial charge in [-0.3, -0.25) is 0 Å². The van der Waals surface area contributed by atoms with Crippen molar-refractivity contribution in [3.8, 4) is 0 Å². The van der Waals surface area contributed by atoms with E-state index in [0.29, 0.717) is 10.0 Å². The summed E-state index contributed by atoms with van der Waals surface area (Å²) in [6.45, 7) is 1.86. The highest BCUT2D eigenvalue weighted by molar-refractivity contribution is 9.10. The minimum atomic E-state index is -4.23. The van der Waals surface area contributed by atoms with Crippen molar-refractivity contribution in [2.45, 2.75) is 25.6 Å². The second-order valence-electron chi connectivity index (χ2n) is 3.45. The third-order valence-electron chi connectivity index (χ3n) is 2.01. The highest BCUT2D eigenvalue weighted by Crippen LogP contribution is 2.31. The van der Waals surface area contributed by atoms with Crippen molar-refractivity contribution in [2.75, 3.05) is 0 Å². The lowest BCUT2D eigenvalue weighted by Gasteiger charge is -2.16. The summed E-state index contributed by atoms with van der Waals surface area (Å²) >= 11 is 3.21. The van der Waals surface area contributed by atoms with Gasteiger partial charge in [-0.2, -0.15) is 13.2 Å². The topological polar surface area (TPSA) is 26.0 Å². The van der Waals surface area contributed by atoms with E-state index >= 15 is 0 Å². The largest absolute Gasteiger partial charge is 0.390 e. The van der Waals surface area contributed by atoms with Gasteiger partial charge in [0, 0.05) is 10.5 Å². The molecule has 0 fully saturated rings. The van der Waals surface area contributed by atoms with Crippen LogP contribution in [0.4, 0.5) is 13.2 Å². The van der Waals surface area contributed by atoms with Crippen molar-refractivity contribution in [1.29, 1.82) is 0 Å². The number of alkyl halides is 3. The number of hydrogen-bond donors (Lipinski definition) is 1. The lowest BCUT2D eigenvalue weighted by molar-refractivity contribution is -0.138. The third kappa shape index (κ3) is 3.83. The molecule has 0 amide bonds. The van der Waals surface area contributed by atoms with Gasteiger partial charge in [0.15, 0.2) is 0 Å². The summed E-state index contributed by atoms with van der Waals surface area (Å²) in [4.78, 5) is 0. The van der Waals surface area contributed by atoms with E-state index in [0.717, 1.165) is 5.56 Å². The van der Waals surface area contributed by atoms with Gasteiger partial charge < -0.3 is 5.73 Å². The molecule has 2 N–H and O–H groups in total. The predicted molar refractivity (Wildman–Crippen MR) is 56.5 cm³/mol. The fraction of sp³-hybridized carbons (Fsp3) is 0.400. The van der Waals surface area contributed by atoms with Crippen molar-refractivity contribution < 1.29 is 13.2 Å². The normalized spacial score (nSPS) is 14.0. The van der Waals surface area contributed by atoms with E-state index in [-0.39, 0.29) is 0 Å². The standard InChI is InChI=1S/C10H11BrF3N/c1-6-2-3-7(8(11)4-6)9(15)5-10(12,13)14/h2-4,9H,5,15H2,1H3. The minimum Gasteiger partial charge on any atom is -0.324 e. The van der Waals surface area contributed by atoms with E-state index in [1.807, 2.05) is 6.92 Å². The zero-order valence-electron chi connectivity index (χ0n) is 8.11. The molecule has 1 atom stereocenters. The van der Waals surface area contributed by atoms with E-state index in [4.69, 9.17) is 5.73 Å². The second kappa shape index (κ2) is 4.53. The van der Waals surface area contributed by atoms with Gasteiger partial charge in [-0.15, -0.1) is 0 Å². The molecule has 0 saturated heterocycles. The minimum absolute atomic E-state index is 0.484. The molecule has 1 aromatic rings. The predicted octanol–water partition coefficient (Wildman–Crippen LogP) is 3.71. The molecule has 0 bridgehead atoms. The number of nitrogens with two attached hydrogens (primary N) is 1. The van der Waals surface area contributed by atoms with Crippen molar-refractivity contribution in [3.05, 3.63) is 33.8 Å². The van der Waals surface area contributed by atoms with Gasteiger partial charge in [0.1, 0.15) is 0 Å². The number of halogens is 4. The molecule has 0 heterocycles. The van der Waals surface area contributed by atoms with Crippen LogP contribution in [0.5, 0.6) is 0 Å². The average Bonchev–Trinajstić information content (AvgIpc) is 1.99. The third-order valence-corrected chi connectivity index (χ3v) is 2.69. The quantitative estimate of drug-likeness (QED) is 0.879. The number of rotatable bonds is 2. The molecule has 15 heavy (non-hydrogen) atoms. The Morgan fingerprint density at radius 3 is 2.47 bits per heavy atom. The summed E-state index contributed by atoms with van der Waals surface area (Å²) in [6.07, 6.45) is -5.24. The Labute approximate surface area is 94.6 Å². The number of benzene rings is 1. The van der Waals surface area contributed by atoms with Gasteiger partial charge in [0.25, 0.3) is 0 Å². The van der Waals surface area contributed by atoms with Crippen LogP contribution in [-0.2, 0) is 0 Å². The number of aryl methyl sites for hydroxylation is 1. The molecule has 84 valence electrons. The molecule has 0 aliphatic rings. The van der Waals surface area contributed by atoms with Gasteiger partial charge in [0.2, 0.25) is 0 Å². The van der Waals surface area contributed by atoms with E-state index in [1.54, 1.807) is 18.2 Å². The summed E-state index contributed by atoms with van der Waals surface area (Å²) in [5, 5.41) is 0. The molecule has 0 saturated carbocycles. The molecule has 5 heteroatoms. The highest BCUT2D eigenvalue weighted by atomic mass is 79.9. The van der Waals surface area contributed by atoms with Crippen molar-refractivity contribution in [2.24, 2.45) is 5.73 Å². The molecular weight excluding hydrogens is 271 g/mol. The first-order valence-electron chi connectivity index (χ1n) is 4.38. The summed E-state index contributed by atoms with van der Waals surface area (Å²) in [5.74, 6) is 0. The van der Waals surface area contributed by atoms with Crippen LogP contribution >= 0.6 is 15.9 Å². The van der Waals surface area contributed by atoms with Crippen LogP contribution in [-0.4, -0.2) is 6.18 Å². The summed E-state index contributed by atoms with van der Waals surface area (Å²) in [6, 6.07) is 4.11. The van der Waals surface area contributed by atoms with Crippen LogP contribution in [0.2, 0.25) is 0 Å². The smallest absolute Gasteiger partial charge is 0.324 e. The first kappa shape index (κ1) is 12.5. The summed E-state index contributed by atoms with van der Waals surface area (Å²) in [5.41, 5.74) is 6.94. The van der Waals surface area contributed by atoms with Crippen molar-refractivity contribution in [3.63, 3.8) is 0 Å². The van der Waals surface area contributed by atoms with Gasteiger partial charge in [-0.1, -0.05) is 28.1 Å². The Morgan fingerprint density at radius 2 is 2.00 bits per heavy atom. The van der Waals surface area contributed by atoms with Crippen LogP contribution in [0.25, 0.3) is 0 Å². The molecule has 0 aromatic heterocycles. The fourth-order valence-corrected chi connectivity index (χ4v) is 2.08. The fourth-order valence-electron chi connectivity index (χ4n) is 1.29. The maximum Gasteiger partial charge on any atom is 0.390 e. The maximum atomic E-state index is 12.1.